The minimum absolute atomic E-state index is 0.0834. The maximum atomic E-state index is 13.7. The van der Waals surface area contributed by atoms with Crippen LogP contribution < -0.4 is 15.5 Å². The molecule has 4 heterocycles. The summed E-state index contributed by atoms with van der Waals surface area (Å²) < 4.78 is 16.1. The maximum absolute atomic E-state index is 13.7. The van der Waals surface area contributed by atoms with Crippen LogP contribution in [0.3, 0.4) is 0 Å². The van der Waals surface area contributed by atoms with Gasteiger partial charge < -0.3 is 34.6 Å². The summed E-state index contributed by atoms with van der Waals surface area (Å²) in [5.41, 5.74) is 1.61. The molecule has 2 aromatic heterocycles. The van der Waals surface area contributed by atoms with Crippen LogP contribution >= 0.6 is 46.1 Å². The summed E-state index contributed by atoms with van der Waals surface area (Å²) in [6.07, 6.45) is 1.41. The molecule has 1 fully saturated rings. The molecular formula is C29H29Cl3N6O6S. The van der Waals surface area contributed by atoms with E-state index in [9.17, 15) is 14.4 Å². The number of ether oxygens (including phenoxy) is 3. The fraction of sp³-hybridized carbons (Fsp3) is 0.345. The summed E-state index contributed by atoms with van der Waals surface area (Å²) in [6.45, 7) is 4.32. The maximum Gasteiger partial charge on any atom is 0.334 e. The molecule has 1 atom stereocenters. The van der Waals surface area contributed by atoms with Gasteiger partial charge in [-0.15, -0.1) is 11.3 Å². The Morgan fingerprint density at radius 3 is 2.60 bits per heavy atom. The number of morpholine rings is 1. The highest BCUT2D eigenvalue weighted by molar-refractivity contribution is 7.13. The normalized spacial score (nSPS) is 16.1. The van der Waals surface area contributed by atoms with Crippen molar-refractivity contribution >= 4 is 87.1 Å². The van der Waals surface area contributed by atoms with Crippen molar-refractivity contribution in [3.05, 3.63) is 66.9 Å². The quantitative estimate of drug-likeness (QED) is 0.290. The number of hydrogen-bond acceptors (Lipinski definition) is 11. The number of nitrogens with zero attached hydrogens (tertiary/aromatic N) is 4. The molecule has 2 aliphatic heterocycles. The number of aliphatic imine (C=N–C) groups is 1. The Labute approximate surface area is 278 Å². The van der Waals surface area contributed by atoms with Crippen LogP contribution in [0.15, 0.2) is 40.8 Å². The molecule has 5 rings (SSSR count). The van der Waals surface area contributed by atoms with E-state index in [-0.39, 0.29) is 52.7 Å². The molecule has 2 N–H and O–H groups in total. The number of nitrogens with one attached hydrogen (secondary N) is 2. The van der Waals surface area contributed by atoms with E-state index in [1.54, 1.807) is 42.5 Å². The second-order valence-electron chi connectivity index (χ2n) is 9.97. The lowest BCUT2D eigenvalue weighted by molar-refractivity contribution is -0.144. The molecule has 16 heteroatoms. The van der Waals surface area contributed by atoms with Gasteiger partial charge in [-0.1, -0.05) is 34.8 Å². The summed E-state index contributed by atoms with van der Waals surface area (Å²) in [5.74, 6) is -1.22. The SMILES string of the molecule is CCOC(=O)C1COC(N(C)Cc2csc(C(=O)Nc3c(C(=O)Nc4ccc(Cl)cn4)cc(Cl)cc3N3CCOCC3)c2Cl)=N1. The number of rotatable bonds is 9. The van der Waals surface area contributed by atoms with Crippen molar-refractivity contribution < 1.29 is 28.6 Å². The van der Waals surface area contributed by atoms with Crippen molar-refractivity contribution in [3.8, 4) is 0 Å². The van der Waals surface area contributed by atoms with Crippen LogP contribution in [-0.4, -0.2) is 86.3 Å². The van der Waals surface area contributed by atoms with E-state index in [0.29, 0.717) is 47.6 Å². The third-order valence-electron chi connectivity index (χ3n) is 6.82. The molecule has 12 nitrogen and oxygen atoms in total. The van der Waals surface area contributed by atoms with E-state index >= 15 is 0 Å². The molecule has 0 spiro atoms. The molecule has 3 aromatic rings. The number of pyridine rings is 1. The van der Waals surface area contributed by atoms with Crippen LogP contribution in [0.2, 0.25) is 15.1 Å². The fourth-order valence-corrected chi connectivity index (χ4v) is 6.22. The first kappa shape index (κ1) is 32.8. The molecule has 1 aromatic carbocycles. The monoisotopic (exact) mass is 694 g/mol. The second kappa shape index (κ2) is 14.6. The lowest BCUT2D eigenvalue weighted by atomic mass is 10.1. The number of amides is 2. The number of carbonyl (C=O) groups excluding carboxylic acids is 3. The summed E-state index contributed by atoms with van der Waals surface area (Å²) in [6, 6.07) is 5.88. The van der Waals surface area contributed by atoms with Gasteiger partial charge in [-0.2, -0.15) is 0 Å². The first-order chi connectivity index (χ1) is 21.6. The van der Waals surface area contributed by atoms with Gasteiger partial charge in [0.25, 0.3) is 17.8 Å². The van der Waals surface area contributed by atoms with Gasteiger partial charge in [0.1, 0.15) is 17.3 Å². The molecular weight excluding hydrogens is 667 g/mol. The highest BCUT2D eigenvalue weighted by Crippen LogP contribution is 2.37. The van der Waals surface area contributed by atoms with E-state index in [1.807, 2.05) is 4.90 Å². The summed E-state index contributed by atoms with van der Waals surface area (Å²) in [4.78, 5) is 51.6. The number of amidine groups is 1. The minimum atomic E-state index is -0.733. The zero-order valence-electron chi connectivity index (χ0n) is 24.3. The van der Waals surface area contributed by atoms with Crippen molar-refractivity contribution in [1.82, 2.24) is 9.88 Å². The van der Waals surface area contributed by atoms with E-state index in [0.717, 1.165) is 11.3 Å². The third kappa shape index (κ3) is 7.79. The Balaban J connectivity index is 1.39. The van der Waals surface area contributed by atoms with Crippen LogP contribution in [0.1, 0.15) is 32.5 Å². The molecule has 2 aliphatic rings. The largest absolute Gasteiger partial charge is 0.464 e. The predicted molar refractivity (Wildman–Crippen MR) is 174 cm³/mol. The van der Waals surface area contributed by atoms with Crippen LogP contribution in [0.25, 0.3) is 0 Å². The van der Waals surface area contributed by atoms with Gasteiger partial charge in [-0.05, 0) is 36.6 Å². The van der Waals surface area contributed by atoms with Crippen molar-refractivity contribution in [1.29, 1.82) is 0 Å². The van der Waals surface area contributed by atoms with Crippen molar-refractivity contribution in [3.63, 3.8) is 0 Å². The molecule has 238 valence electrons. The smallest absolute Gasteiger partial charge is 0.334 e. The van der Waals surface area contributed by atoms with Crippen molar-refractivity contribution in [2.75, 3.05) is 62.1 Å². The van der Waals surface area contributed by atoms with Gasteiger partial charge in [-0.25, -0.2) is 14.8 Å². The Hall–Kier alpha value is -3.62. The van der Waals surface area contributed by atoms with E-state index in [4.69, 9.17) is 49.0 Å². The highest BCUT2D eigenvalue weighted by Gasteiger charge is 2.30. The van der Waals surface area contributed by atoms with E-state index < -0.39 is 23.8 Å². The molecule has 1 unspecified atom stereocenters. The Bertz CT molecular complexity index is 1610. The number of anilines is 3. The first-order valence-electron chi connectivity index (χ1n) is 13.9. The zero-order valence-corrected chi connectivity index (χ0v) is 27.4. The molecule has 0 bridgehead atoms. The molecule has 0 radical (unpaired) electrons. The Kier molecular flexibility index (Phi) is 10.7. The molecule has 0 saturated carbocycles. The lowest BCUT2D eigenvalue weighted by Crippen LogP contribution is -2.37. The zero-order chi connectivity index (χ0) is 32.1. The Morgan fingerprint density at radius 2 is 1.89 bits per heavy atom. The average molecular weight is 696 g/mol. The second-order valence-corrected chi connectivity index (χ2v) is 12.1. The van der Waals surface area contributed by atoms with Gasteiger partial charge in [0.05, 0.1) is 46.8 Å². The molecule has 0 aliphatic carbocycles. The molecule has 1 saturated heterocycles. The van der Waals surface area contributed by atoms with Gasteiger partial charge in [0.15, 0.2) is 6.04 Å². The predicted octanol–water partition coefficient (Wildman–Crippen LogP) is 5.19. The first-order valence-corrected chi connectivity index (χ1v) is 15.9. The van der Waals surface area contributed by atoms with Gasteiger partial charge in [0, 0.05) is 43.5 Å². The minimum Gasteiger partial charge on any atom is -0.464 e. The van der Waals surface area contributed by atoms with E-state index in [1.165, 1.54) is 12.3 Å². The van der Waals surface area contributed by atoms with Gasteiger partial charge in [-0.3, -0.25) is 9.59 Å². The highest BCUT2D eigenvalue weighted by atomic mass is 35.5. The standard InChI is InChI=1S/C29H29Cl3N6O6S/c1-3-43-28(41)20-14-44-29(34-20)37(2)13-16-15-45-25(23(16)32)27(40)36-24-19(26(39)35-22-5-4-17(30)12-33-22)10-18(31)11-21(24)38-6-8-42-9-7-38/h4-5,10-12,15,20H,3,6-9,13-14H2,1-2H3,(H,36,40)(H,33,35,39). The third-order valence-corrected chi connectivity index (χ3v) is 8.84. The number of halogens is 3. The van der Waals surface area contributed by atoms with Crippen LogP contribution in [0, 0.1) is 0 Å². The van der Waals surface area contributed by atoms with Gasteiger partial charge in [0.2, 0.25) is 0 Å². The van der Waals surface area contributed by atoms with Crippen LogP contribution in [-0.2, 0) is 25.5 Å². The molecule has 2 amide bonds. The number of thiophene rings is 1. The fourth-order valence-electron chi connectivity index (χ4n) is 4.65. The van der Waals surface area contributed by atoms with Crippen molar-refractivity contribution in [2.45, 2.75) is 19.5 Å². The van der Waals surface area contributed by atoms with Crippen molar-refractivity contribution in [2.24, 2.45) is 4.99 Å². The average Bonchev–Trinajstić information content (AvgIpc) is 3.67. The van der Waals surface area contributed by atoms with E-state index in [2.05, 4.69) is 20.6 Å². The number of aromatic nitrogens is 1. The van der Waals surface area contributed by atoms with Crippen LogP contribution in [0.5, 0.6) is 0 Å². The van der Waals surface area contributed by atoms with Crippen LogP contribution in [0.4, 0.5) is 17.2 Å². The number of hydrogen-bond donors (Lipinski definition) is 2. The number of benzene rings is 1. The summed E-state index contributed by atoms with van der Waals surface area (Å²) >= 11 is 20.3. The number of esters is 1. The Morgan fingerprint density at radius 1 is 1.11 bits per heavy atom. The summed E-state index contributed by atoms with van der Waals surface area (Å²) in [5, 5.41) is 8.38. The summed E-state index contributed by atoms with van der Waals surface area (Å²) in [7, 11) is 1.74. The molecule has 45 heavy (non-hydrogen) atoms. The topological polar surface area (TPSA) is 135 Å². The lowest BCUT2D eigenvalue weighted by Gasteiger charge is -2.31. The van der Waals surface area contributed by atoms with Gasteiger partial charge >= 0.3 is 5.97 Å². The number of carbonyl (C=O) groups is 3.